The number of nitrogens with two attached hydrogens (primary N) is 1. The molecule has 100 valence electrons. The molecule has 0 bridgehead atoms. The molecular formula is C14H19F2NO. The van der Waals surface area contributed by atoms with Gasteiger partial charge in [-0.05, 0) is 37.3 Å². The molecule has 1 saturated carbocycles. The van der Waals surface area contributed by atoms with E-state index in [0.717, 1.165) is 31.7 Å². The fourth-order valence-electron chi connectivity index (χ4n) is 2.16. The second kappa shape index (κ2) is 4.50. The van der Waals surface area contributed by atoms with Crippen molar-refractivity contribution in [1.82, 2.24) is 0 Å². The molecule has 2 nitrogen and oxygen atoms in total. The molecule has 0 aromatic heterocycles. The summed E-state index contributed by atoms with van der Waals surface area (Å²) in [4.78, 5) is 0. The van der Waals surface area contributed by atoms with Crippen LogP contribution in [0.25, 0.3) is 0 Å². The van der Waals surface area contributed by atoms with Gasteiger partial charge in [-0.1, -0.05) is 12.1 Å². The zero-order valence-electron chi connectivity index (χ0n) is 10.8. The van der Waals surface area contributed by atoms with Gasteiger partial charge in [-0.25, -0.2) is 8.78 Å². The third-order valence-corrected chi connectivity index (χ3v) is 3.56. The Kier molecular flexibility index (Phi) is 3.32. The smallest absolute Gasteiger partial charge is 0.274 e. The molecule has 0 atom stereocenters. The fraction of sp³-hybridized carbons (Fsp3) is 0.571. The Morgan fingerprint density at radius 1 is 1.39 bits per heavy atom. The number of benzene rings is 1. The standard InChI is InChI=1S/C14H19F2NO/c1-13(15,16)11-5-3-4-10(12(11)18-2)6-7-14(17)8-9-14/h3-5H,6-9,17H2,1-2H3. The highest BCUT2D eigenvalue weighted by Gasteiger charge is 2.38. The molecule has 0 heterocycles. The second-order valence-corrected chi connectivity index (χ2v) is 5.25. The highest BCUT2D eigenvalue weighted by Crippen LogP contribution is 2.40. The van der Waals surface area contributed by atoms with Crippen molar-refractivity contribution in [3.05, 3.63) is 29.3 Å². The molecule has 1 aliphatic carbocycles. The number of hydrogen-bond donors (Lipinski definition) is 1. The number of para-hydroxylation sites is 1. The van der Waals surface area contributed by atoms with Crippen LogP contribution in [0.15, 0.2) is 18.2 Å². The van der Waals surface area contributed by atoms with Crippen molar-refractivity contribution >= 4 is 0 Å². The van der Waals surface area contributed by atoms with Crippen molar-refractivity contribution in [3.63, 3.8) is 0 Å². The minimum atomic E-state index is -2.89. The lowest BCUT2D eigenvalue weighted by Crippen LogP contribution is -2.22. The van der Waals surface area contributed by atoms with Gasteiger partial charge in [0.25, 0.3) is 5.92 Å². The quantitative estimate of drug-likeness (QED) is 0.876. The fourth-order valence-corrected chi connectivity index (χ4v) is 2.16. The molecule has 0 unspecified atom stereocenters. The molecule has 0 amide bonds. The maximum Gasteiger partial charge on any atom is 0.274 e. The van der Waals surface area contributed by atoms with E-state index in [1.54, 1.807) is 6.07 Å². The van der Waals surface area contributed by atoms with Gasteiger partial charge in [-0.2, -0.15) is 0 Å². The maximum absolute atomic E-state index is 13.5. The number of aryl methyl sites for hydroxylation is 1. The first kappa shape index (κ1) is 13.3. The van der Waals surface area contributed by atoms with E-state index in [1.807, 2.05) is 6.07 Å². The van der Waals surface area contributed by atoms with E-state index in [4.69, 9.17) is 10.5 Å². The van der Waals surface area contributed by atoms with Crippen molar-refractivity contribution < 1.29 is 13.5 Å². The van der Waals surface area contributed by atoms with Gasteiger partial charge in [-0.3, -0.25) is 0 Å². The van der Waals surface area contributed by atoms with Gasteiger partial charge in [0.1, 0.15) is 5.75 Å². The summed E-state index contributed by atoms with van der Waals surface area (Å²) in [5.41, 5.74) is 6.71. The van der Waals surface area contributed by atoms with E-state index in [9.17, 15) is 8.78 Å². The van der Waals surface area contributed by atoms with E-state index in [2.05, 4.69) is 0 Å². The van der Waals surface area contributed by atoms with Crippen LogP contribution in [0, 0.1) is 0 Å². The molecule has 1 aliphatic rings. The Labute approximate surface area is 106 Å². The first-order valence-electron chi connectivity index (χ1n) is 6.19. The van der Waals surface area contributed by atoms with Crippen LogP contribution in [0.1, 0.15) is 37.3 Å². The molecule has 0 aliphatic heterocycles. The van der Waals surface area contributed by atoms with Crippen LogP contribution in [-0.4, -0.2) is 12.6 Å². The monoisotopic (exact) mass is 255 g/mol. The maximum atomic E-state index is 13.5. The van der Waals surface area contributed by atoms with Crippen LogP contribution in [0.5, 0.6) is 5.75 Å². The van der Waals surface area contributed by atoms with Gasteiger partial charge in [0.15, 0.2) is 0 Å². The zero-order chi connectivity index (χ0) is 13.4. The van der Waals surface area contributed by atoms with Crippen LogP contribution in [0.2, 0.25) is 0 Å². The summed E-state index contributed by atoms with van der Waals surface area (Å²) in [7, 11) is 1.43. The van der Waals surface area contributed by atoms with Crippen LogP contribution < -0.4 is 10.5 Å². The largest absolute Gasteiger partial charge is 0.496 e. The molecular weight excluding hydrogens is 236 g/mol. The molecule has 4 heteroatoms. The van der Waals surface area contributed by atoms with E-state index >= 15 is 0 Å². The molecule has 18 heavy (non-hydrogen) atoms. The Hall–Kier alpha value is -1.16. The summed E-state index contributed by atoms with van der Waals surface area (Å²) < 4.78 is 32.1. The predicted octanol–water partition coefficient (Wildman–Crippen LogP) is 3.23. The SMILES string of the molecule is COc1c(CCC2(N)CC2)cccc1C(C)(F)F. The number of rotatable bonds is 5. The Bertz CT molecular complexity index is 436. The lowest BCUT2D eigenvalue weighted by Gasteiger charge is -2.18. The summed E-state index contributed by atoms with van der Waals surface area (Å²) in [6, 6.07) is 4.90. The average Bonchev–Trinajstić information content (AvgIpc) is 3.03. The first-order chi connectivity index (χ1) is 8.36. The van der Waals surface area contributed by atoms with Crippen LogP contribution >= 0.6 is 0 Å². The molecule has 1 aromatic rings. The summed E-state index contributed by atoms with van der Waals surface area (Å²) >= 11 is 0. The van der Waals surface area contributed by atoms with Gasteiger partial charge < -0.3 is 10.5 Å². The highest BCUT2D eigenvalue weighted by atomic mass is 19.3. The number of halogens is 2. The zero-order valence-corrected chi connectivity index (χ0v) is 10.8. The van der Waals surface area contributed by atoms with Gasteiger partial charge in [0, 0.05) is 12.5 Å². The van der Waals surface area contributed by atoms with Crippen LogP contribution in [0.3, 0.4) is 0 Å². The summed E-state index contributed by atoms with van der Waals surface area (Å²) in [5.74, 6) is -2.59. The van der Waals surface area contributed by atoms with Gasteiger partial charge in [0.2, 0.25) is 0 Å². The third kappa shape index (κ3) is 2.80. The lowest BCUT2D eigenvalue weighted by atomic mass is 9.98. The normalized spacial score (nSPS) is 17.6. The van der Waals surface area contributed by atoms with Gasteiger partial charge >= 0.3 is 0 Å². The Balaban J connectivity index is 2.23. The summed E-state index contributed by atoms with van der Waals surface area (Å²) in [6.45, 7) is 0.889. The van der Waals surface area contributed by atoms with E-state index in [1.165, 1.54) is 13.2 Å². The molecule has 0 radical (unpaired) electrons. The predicted molar refractivity (Wildman–Crippen MR) is 67.0 cm³/mol. The van der Waals surface area contributed by atoms with Crippen molar-refractivity contribution in [2.24, 2.45) is 5.73 Å². The van der Waals surface area contributed by atoms with Gasteiger partial charge in [-0.15, -0.1) is 0 Å². The van der Waals surface area contributed by atoms with Crippen molar-refractivity contribution in [2.45, 2.75) is 44.1 Å². The summed E-state index contributed by atoms with van der Waals surface area (Å²) in [5, 5.41) is 0. The lowest BCUT2D eigenvalue weighted by molar-refractivity contribution is 0.0149. The molecule has 2 N–H and O–H groups in total. The molecule has 2 rings (SSSR count). The summed E-state index contributed by atoms with van der Waals surface area (Å²) in [6.07, 6.45) is 3.56. The van der Waals surface area contributed by atoms with Crippen molar-refractivity contribution in [3.8, 4) is 5.75 Å². The molecule has 1 aromatic carbocycles. The average molecular weight is 255 g/mol. The van der Waals surface area contributed by atoms with Crippen molar-refractivity contribution in [2.75, 3.05) is 7.11 Å². The van der Waals surface area contributed by atoms with Crippen LogP contribution in [0.4, 0.5) is 8.78 Å². The highest BCUT2D eigenvalue weighted by molar-refractivity contribution is 5.44. The number of methoxy groups -OCH3 is 1. The number of hydrogen-bond acceptors (Lipinski definition) is 2. The third-order valence-electron chi connectivity index (χ3n) is 3.56. The van der Waals surface area contributed by atoms with E-state index in [0.29, 0.717) is 12.2 Å². The number of alkyl halides is 2. The first-order valence-corrected chi connectivity index (χ1v) is 6.19. The van der Waals surface area contributed by atoms with Crippen molar-refractivity contribution in [1.29, 1.82) is 0 Å². The number of ether oxygens (including phenoxy) is 1. The van der Waals surface area contributed by atoms with E-state index in [-0.39, 0.29) is 11.1 Å². The second-order valence-electron chi connectivity index (χ2n) is 5.25. The van der Waals surface area contributed by atoms with E-state index < -0.39 is 5.92 Å². The molecule has 0 saturated heterocycles. The topological polar surface area (TPSA) is 35.2 Å². The Morgan fingerprint density at radius 2 is 2.06 bits per heavy atom. The van der Waals surface area contributed by atoms with Gasteiger partial charge in [0.05, 0.1) is 12.7 Å². The molecule has 1 fully saturated rings. The molecule has 0 spiro atoms. The van der Waals surface area contributed by atoms with Crippen LogP contribution in [-0.2, 0) is 12.3 Å². The minimum Gasteiger partial charge on any atom is -0.496 e. The minimum absolute atomic E-state index is 0.0515. The Morgan fingerprint density at radius 3 is 2.56 bits per heavy atom.